The van der Waals surface area contributed by atoms with Gasteiger partial charge in [-0.15, -0.1) is 11.3 Å². The lowest BCUT2D eigenvalue weighted by atomic mass is 10.0. The standard InChI is InChI=1S/C20H22N2O4S/c1-24-14-5-6-15(17(8-14)25-2)16-11-27-19-18(16)20(23)22(12-21-19)9-13-4-3-7-26-10-13/h5-6,8,11-13H,3-4,7,9-10H2,1-2H3. The fourth-order valence-electron chi connectivity index (χ4n) is 3.55. The van der Waals surface area contributed by atoms with Crippen LogP contribution in [0.2, 0.25) is 0 Å². The second-order valence-electron chi connectivity index (χ2n) is 6.68. The van der Waals surface area contributed by atoms with Crippen molar-refractivity contribution in [3.05, 3.63) is 40.3 Å². The Morgan fingerprint density at radius 1 is 1.30 bits per heavy atom. The van der Waals surface area contributed by atoms with Crippen molar-refractivity contribution < 1.29 is 14.2 Å². The molecule has 3 heterocycles. The van der Waals surface area contributed by atoms with E-state index in [1.54, 1.807) is 25.1 Å². The molecule has 0 bridgehead atoms. The number of methoxy groups -OCH3 is 2. The lowest BCUT2D eigenvalue weighted by Gasteiger charge is -2.22. The van der Waals surface area contributed by atoms with Gasteiger partial charge in [-0.1, -0.05) is 0 Å². The fraction of sp³-hybridized carbons (Fsp3) is 0.400. The van der Waals surface area contributed by atoms with Crippen LogP contribution in [0.1, 0.15) is 12.8 Å². The van der Waals surface area contributed by atoms with Crippen LogP contribution in [0, 0.1) is 5.92 Å². The fourth-order valence-corrected chi connectivity index (χ4v) is 4.44. The molecule has 7 heteroatoms. The molecule has 4 rings (SSSR count). The Bertz CT molecular complexity index is 1000. The first-order valence-electron chi connectivity index (χ1n) is 8.98. The third-order valence-corrected chi connectivity index (χ3v) is 5.86. The molecular weight excluding hydrogens is 364 g/mol. The van der Waals surface area contributed by atoms with Gasteiger partial charge >= 0.3 is 0 Å². The number of rotatable bonds is 5. The van der Waals surface area contributed by atoms with Crippen LogP contribution in [0.3, 0.4) is 0 Å². The van der Waals surface area contributed by atoms with E-state index >= 15 is 0 Å². The Morgan fingerprint density at radius 2 is 2.19 bits per heavy atom. The van der Waals surface area contributed by atoms with Gasteiger partial charge in [0.05, 0.1) is 32.5 Å². The number of hydrogen-bond donors (Lipinski definition) is 0. The number of fused-ring (bicyclic) bond motifs is 1. The van der Waals surface area contributed by atoms with Crippen LogP contribution in [-0.4, -0.2) is 37.0 Å². The zero-order valence-electron chi connectivity index (χ0n) is 15.4. The van der Waals surface area contributed by atoms with Gasteiger partial charge in [0, 0.05) is 41.6 Å². The van der Waals surface area contributed by atoms with Crippen LogP contribution in [0.25, 0.3) is 21.3 Å². The first kappa shape index (κ1) is 18.0. The van der Waals surface area contributed by atoms with E-state index in [-0.39, 0.29) is 5.56 Å². The zero-order valence-corrected chi connectivity index (χ0v) is 16.3. The molecule has 0 spiro atoms. The molecule has 27 heavy (non-hydrogen) atoms. The first-order valence-corrected chi connectivity index (χ1v) is 9.86. The largest absolute Gasteiger partial charge is 0.497 e. The molecule has 1 saturated heterocycles. The Kier molecular flexibility index (Phi) is 5.13. The van der Waals surface area contributed by atoms with Gasteiger partial charge in [-0.2, -0.15) is 0 Å². The van der Waals surface area contributed by atoms with Crippen LogP contribution in [-0.2, 0) is 11.3 Å². The molecule has 1 unspecified atom stereocenters. The maximum absolute atomic E-state index is 13.2. The lowest BCUT2D eigenvalue weighted by molar-refractivity contribution is 0.0479. The van der Waals surface area contributed by atoms with Gasteiger partial charge in [0.15, 0.2) is 0 Å². The molecule has 1 fully saturated rings. The van der Waals surface area contributed by atoms with Crippen LogP contribution in [0.5, 0.6) is 11.5 Å². The topological polar surface area (TPSA) is 62.6 Å². The monoisotopic (exact) mass is 386 g/mol. The summed E-state index contributed by atoms with van der Waals surface area (Å²) in [5.74, 6) is 1.74. The Balaban J connectivity index is 1.78. The van der Waals surface area contributed by atoms with Gasteiger partial charge in [-0.05, 0) is 25.0 Å². The highest BCUT2D eigenvalue weighted by Gasteiger charge is 2.19. The summed E-state index contributed by atoms with van der Waals surface area (Å²) in [4.78, 5) is 18.5. The number of ether oxygens (including phenoxy) is 3. The third-order valence-electron chi connectivity index (χ3n) is 4.97. The predicted octanol–water partition coefficient (Wildman–Crippen LogP) is 3.57. The minimum Gasteiger partial charge on any atom is -0.497 e. The maximum Gasteiger partial charge on any atom is 0.262 e. The molecule has 1 atom stereocenters. The van der Waals surface area contributed by atoms with Crippen LogP contribution in [0.4, 0.5) is 0 Å². The van der Waals surface area contributed by atoms with Crippen molar-refractivity contribution in [3.8, 4) is 22.6 Å². The second kappa shape index (κ2) is 7.70. The molecular formula is C20H22N2O4S. The molecule has 3 aromatic rings. The molecule has 6 nitrogen and oxygen atoms in total. The molecule has 142 valence electrons. The summed E-state index contributed by atoms with van der Waals surface area (Å²) in [7, 11) is 3.23. The predicted molar refractivity (Wildman–Crippen MR) is 106 cm³/mol. The third kappa shape index (κ3) is 3.44. The minimum absolute atomic E-state index is 0.0142. The molecule has 2 aromatic heterocycles. The average molecular weight is 386 g/mol. The maximum atomic E-state index is 13.2. The van der Waals surface area contributed by atoms with Crippen molar-refractivity contribution in [2.75, 3.05) is 27.4 Å². The second-order valence-corrected chi connectivity index (χ2v) is 7.54. The van der Waals surface area contributed by atoms with Crippen LogP contribution < -0.4 is 15.0 Å². The number of nitrogens with zero attached hydrogens (tertiary/aromatic N) is 2. The van der Waals surface area contributed by atoms with Gasteiger partial charge in [0.2, 0.25) is 0 Å². The Morgan fingerprint density at radius 3 is 2.93 bits per heavy atom. The van der Waals surface area contributed by atoms with E-state index in [2.05, 4.69) is 4.98 Å². The molecule has 0 radical (unpaired) electrons. The summed E-state index contributed by atoms with van der Waals surface area (Å²) in [6.07, 6.45) is 3.78. The number of benzene rings is 1. The molecule has 1 aliphatic rings. The van der Waals surface area contributed by atoms with Gasteiger partial charge < -0.3 is 14.2 Å². The van der Waals surface area contributed by atoms with E-state index in [4.69, 9.17) is 14.2 Å². The highest BCUT2D eigenvalue weighted by molar-refractivity contribution is 7.17. The van der Waals surface area contributed by atoms with Crippen molar-refractivity contribution in [2.24, 2.45) is 5.92 Å². The lowest BCUT2D eigenvalue weighted by Crippen LogP contribution is -2.28. The summed E-state index contributed by atoms with van der Waals surface area (Å²) < 4.78 is 18.1. The molecule has 0 saturated carbocycles. The van der Waals surface area contributed by atoms with Crippen molar-refractivity contribution in [1.82, 2.24) is 9.55 Å². The molecule has 0 aliphatic carbocycles. The van der Waals surface area contributed by atoms with Crippen LogP contribution in [0.15, 0.2) is 34.7 Å². The summed E-state index contributed by atoms with van der Waals surface area (Å²) in [6.45, 7) is 2.15. The van der Waals surface area contributed by atoms with E-state index in [1.165, 1.54) is 11.3 Å². The molecule has 0 amide bonds. The number of aromatic nitrogens is 2. The highest BCUT2D eigenvalue weighted by atomic mass is 32.1. The zero-order chi connectivity index (χ0) is 18.8. The minimum atomic E-state index is -0.0142. The SMILES string of the molecule is COc1ccc(-c2csc3ncn(CC4CCCOC4)c(=O)c23)c(OC)c1. The Hall–Kier alpha value is -2.38. The van der Waals surface area contributed by atoms with E-state index in [1.807, 2.05) is 23.6 Å². The van der Waals surface area contributed by atoms with E-state index < -0.39 is 0 Å². The molecule has 1 aliphatic heterocycles. The van der Waals surface area contributed by atoms with Gasteiger partial charge in [-0.25, -0.2) is 4.98 Å². The van der Waals surface area contributed by atoms with Crippen molar-refractivity contribution in [3.63, 3.8) is 0 Å². The quantitative estimate of drug-likeness (QED) is 0.671. The van der Waals surface area contributed by atoms with Crippen molar-refractivity contribution in [2.45, 2.75) is 19.4 Å². The van der Waals surface area contributed by atoms with Crippen molar-refractivity contribution in [1.29, 1.82) is 0 Å². The van der Waals surface area contributed by atoms with E-state index in [0.717, 1.165) is 35.4 Å². The summed E-state index contributed by atoms with van der Waals surface area (Å²) in [6, 6.07) is 5.62. The number of hydrogen-bond acceptors (Lipinski definition) is 6. The van der Waals surface area contributed by atoms with E-state index in [0.29, 0.717) is 36.0 Å². The average Bonchev–Trinajstić information content (AvgIpc) is 3.15. The normalized spacial score (nSPS) is 17.2. The highest BCUT2D eigenvalue weighted by Crippen LogP contribution is 2.38. The molecule has 0 N–H and O–H groups in total. The van der Waals surface area contributed by atoms with Crippen LogP contribution >= 0.6 is 11.3 Å². The van der Waals surface area contributed by atoms with Gasteiger partial charge in [0.1, 0.15) is 16.3 Å². The first-order chi connectivity index (χ1) is 13.2. The van der Waals surface area contributed by atoms with E-state index in [9.17, 15) is 4.79 Å². The van der Waals surface area contributed by atoms with Crippen molar-refractivity contribution >= 4 is 21.6 Å². The summed E-state index contributed by atoms with van der Waals surface area (Å²) >= 11 is 1.47. The number of thiophene rings is 1. The Labute approximate surface area is 161 Å². The summed E-state index contributed by atoms with van der Waals surface area (Å²) in [5.41, 5.74) is 1.70. The smallest absolute Gasteiger partial charge is 0.262 e. The van der Waals surface area contributed by atoms with Gasteiger partial charge in [0.25, 0.3) is 5.56 Å². The molecule has 1 aromatic carbocycles. The van der Waals surface area contributed by atoms with Gasteiger partial charge in [-0.3, -0.25) is 9.36 Å². The summed E-state index contributed by atoms with van der Waals surface area (Å²) in [5, 5.41) is 2.61.